The van der Waals surface area contributed by atoms with Crippen LogP contribution >= 0.6 is 11.3 Å². The number of hydrogen-bond donors (Lipinski definition) is 0. The fraction of sp³-hybridized carbons (Fsp3) is 0. The predicted octanol–water partition coefficient (Wildman–Crippen LogP) is 9.97. The Morgan fingerprint density at radius 2 is 1.14 bits per heavy atom. The molecular formula is C34H21NS. The fourth-order valence-corrected chi connectivity index (χ4v) is 6.87. The number of nitrogens with zero attached hydrogens (tertiary/aromatic N) is 1. The van der Waals surface area contributed by atoms with Gasteiger partial charge in [-0.25, -0.2) is 0 Å². The molecule has 8 rings (SSSR count). The van der Waals surface area contributed by atoms with E-state index in [1.165, 1.54) is 69.6 Å². The first-order chi connectivity index (χ1) is 17.8. The molecule has 0 aliphatic heterocycles. The second kappa shape index (κ2) is 7.55. The van der Waals surface area contributed by atoms with E-state index in [2.05, 4.69) is 132 Å². The van der Waals surface area contributed by atoms with Crippen LogP contribution in [-0.2, 0) is 0 Å². The molecule has 0 spiro atoms. The molecule has 6 aromatic carbocycles. The third-order valence-electron chi connectivity index (χ3n) is 7.37. The number of fused-ring (bicyclic) bond motifs is 8. The Morgan fingerprint density at radius 1 is 0.444 bits per heavy atom. The van der Waals surface area contributed by atoms with Crippen LogP contribution in [0.1, 0.15) is 0 Å². The molecule has 0 aliphatic rings. The zero-order chi connectivity index (χ0) is 23.6. The Morgan fingerprint density at radius 3 is 1.97 bits per heavy atom. The average molecular weight is 476 g/mol. The third-order valence-corrected chi connectivity index (χ3v) is 8.49. The molecule has 2 heteroatoms. The van der Waals surface area contributed by atoms with Gasteiger partial charge in [0.25, 0.3) is 0 Å². The molecular weight excluding hydrogens is 454 g/mol. The molecule has 36 heavy (non-hydrogen) atoms. The van der Waals surface area contributed by atoms with Crippen LogP contribution in [0.3, 0.4) is 0 Å². The zero-order valence-electron chi connectivity index (χ0n) is 19.5. The molecule has 8 aromatic rings. The van der Waals surface area contributed by atoms with Gasteiger partial charge in [0.05, 0.1) is 11.0 Å². The Balaban J connectivity index is 1.45. The minimum Gasteiger partial charge on any atom is -0.309 e. The molecule has 0 N–H and O–H groups in total. The van der Waals surface area contributed by atoms with Crippen molar-refractivity contribution in [1.82, 2.24) is 4.57 Å². The van der Waals surface area contributed by atoms with Crippen LogP contribution in [0.5, 0.6) is 0 Å². The van der Waals surface area contributed by atoms with Crippen molar-refractivity contribution in [2.75, 3.05) is 0 Å². The third kappa shape index (κ3) is 2.82. The van der Waals surface area contributed by atoms with E-state index >= 15 is 0 Å². The Bertz CT molecular complexity index is 2080. The summed E-state index contributed by atoms with van der Waals surface area (Å²) >= 11 is 1.90. The molecule has 0 saturated carbocycles. The molecule has 0 radical (unpaired) electrons. The van der Waals surface area contributed by atoms with Crippen LogP contribution in [-0.4, -0.2) is 4.57 Å². The van der Waals surface area contributed by atoms with Crippen LogP contribution in [0.2, 0.25) is 0 Å². The van der Waals surface area contributed by atoms with Crippen LogP contribution in [0.25, 0.3) is 69.6 Å². The molecule has 0 saturated heterocycles. The molecule has 0 bridgehead atoms. The number of aromatic nitrogens is 1. The average Bonchev–Trinajstić information content (AvgIpc) is 3.47. The molecule has 168 valence electrons. The van der Waals surface area contributed by atoms with Crippen LogP contribution < -0.4 is 0 Å². The number of para-hydroxylation sites is 1. The molecule has 0 amide bonds. The van der Waals surface area contributed by atoms with Crippen molar-refractivity contribution in [3.63, 3.8) is 0 Å². The minimum absolute atomic E-state index is 1.19. The topological polar surface area (TPSA) is 4.93 Å². The lowest BCUT2D eigenvalue weighted by Gasteiger charge is -2.09. The second-order valence-corrected chi connectivity index (χ2v) is 10.5. The first-order valence-electron chi connectivity index (χ1n) is 12.3. The minimum atomic E-state index is 1.19. The lowest BCUT2D eigenvalue weighted by molar-refractivity contribution is 1.18. The lowest BCUT2D eigenvalue weighted by atomic mass is 10.0. The van der Waals surface area contributed by atoms with Crippen molar-refractivity contribution in [3.05, 3.63) is 127 Å². The van der Waals surface area contributed by atoms with Crippen LogP contribution in [0.4, 0.5) is 0 Å². The number of hydrogen-bond acceptors (Lipinski definition) is 1. The van der Waals surface area contributed by atoms with E-state index in [0.717, 1.165) is 0 Å². The Hall–Kier alpha value is -4.40. The summed E-state index contributed by atoms with van der Waals surface area (Å²) in [4.78, 5) is 0. The van der Waals surface area contributed by atoms with E-state index < -0.39 is 0 Å². The van der Waals surface area contributed by atoms with Gasteiger partial charge in [-0.05, 0) is 64.4 Å². The first kappa shape index (κ1) is 19.9. The van der Waals surface area contributed by atoms with E-state index in [0.29, 0.717) is 0 Å². The summed E-state index contributed by atoms with van der Waals surface area (Å²) in [7, 11) is 0. The van der Waals surface area contributed by atoms with Gasteiger partial charge >= 0.3 is 0 Å². The zero-order valence-corrected chi connectivity index (χ0v) is 20.3. The molecule has 0 unspecified atom stereocenters. The molecule has 1 nitrogen and oxygen atoms in total. The normalized spacial score (nSPS) is 11.9. The van der Waals surface area contributed by atoms with Gasteiger partial charge in [-0.15, -0.1) is 11.3 Å². The summed E-state index contributed by atoms with van der Waals surface area (Å²) in [5, 5.41) is 7.96. The second-order valence-electron chi connectivity index (χ2n) is 9.40. The molecule has 0 fully saturated rings. The fourth-order valence-electron chi connectivity index (χ4n) is 5.72. The quantitative estimate of drug-likeness (QED) is 0.234. The van der Waals surface area contributed by atoms with Gasteiger partial charge in [-0.3, -0.25) is 0 Å². The summed E-state index contributed by atoms with van der Waals surface area (Å²) in [6.45, 7) is 0. The van der Waals surface area contributed by atoms with E-state index in [1.54, 1.807) is 0 Å². The van der Waals surface area contributed by atoms with Gasteiger partial charge in [0.1, 0.15) is 0 Å². The van der Waals surface area contributed by atoms with E-state index in [1.807, 2.05) is 11.3 Å². The van der Waals surface area contributed by atoms with Crippen LogP contribution in [0, 0.1) is 0 Å². The monoisotopic (exact) mass is 475 g/mol. The number of rotatable bonds is 2. The highest BCUT2D eigenvalue weighted by Crippen LogP contribution is 2.44. The summed E-state index contributed by atoms with van der Waals surface area (Å²) in [6, 6.07) is 46.4. The van der Waals surface area contributed by atoms with Gasteiger partial charge in [0.15, 0.2) is 0 Å². The maximum atomic E-state index is 2.42. The highest BCUT2D eigenvalue weighted by Gasteiger charge is 2.18. The van der Waals surface area contributed by atoms with Crippen molar-refractivity contribution < 1.29 is 0 Å². The van der Waals surface area contributed by atoms with Gasteiger partial charge in [-0.1, -0.05) is 84.9 Å². The molecule has 0 atom stereocenters. The highest BCUT2D eigenvalue weighted by atomic mass is 32.1. The molecule has 0 aliphatic carbocycles. The molecule has 2 aromatic heterocycles. The maximum Gasteiger partial charge on any atom is 0.0548 e. The summed E-state index contributed by atoms with van der Waals surface area (Å²) < 4.78 is 5.11. The number of benzene rings is 6. The smallest absolute Gasteiger partial charge is 0.0548 e. The van der Waals surface area contributed by atoms with Crippen molar-refractivity contribution in [2.24, 2.45) is 0 Å². The predicted molar refractivity (Wildman–Crippen MR) is 157 cm³/mol. The first-order valence-corrected chi connectivity index (χ1v) is 13.1. The van der Waals surface area contributed by atoms with Crippen molar-refractivity contribution in [3.8, 4) is 16.8 Å². The Kier molecular flexibility index (Phi) is 4.16. The van der Waals surface area contributed by atoms with Gasteiger partial charge in [0, 0.05) is 36.6 Å². The number of thiophene rings is 1. The van der Waals surface area contributed by atoms with Crippen molar-refractivity contribution in [1.29, 1.82) is 0 Å². The maximum absolute atomic E-state index is 2.42. The van der Waals surface area contributed by atoms with Gasteiger partial charge < -0.3 is 4.57 Å². The SMILES string of the molecule is c1ccc(-c2ccc(-n3c4ccccc4c4c5c(ccc43)sc3cc4ccccc4cc35)cc2)cc1. The molecule has 2 heterocycles. The van der Waals surface area contributed by atoms with E-state index in [9.17, 15) is 0 Å². The lowest BCUT2D eigenvalue weighted by Crippen LogP contribution is -1.93. The largest absolute Gasteiger partial charge is 0.309 e. The highest BCUT2D eigenvalue weighted by molar-refractivity contribution is 7.26. The van der Waals surface area contributed by atoms with E-state index in [4.69, 9.17) is 0 Å². The van der Waals surface area contributed by atoms with E-state index in [-0.39, 0.29) is 0 Å². The Labute approximate surface area is 212 Å². The summed E-state index contributed by atoms with van der Waals surface area (Å²) in [5.74, 6) is 0. The summed E-state index contributed by atoms with van der Waals surface area (Å²) in [5.41, 5.74) is 6.16. The van der Waals surface area contributed by atoms with Crippen LogP contribution in [0.15, 0.2) is 127 Å². The standard InChI is InChI=1S/C34H21NS/c1-2-8-22(9-3-1)23-14-16-26(17-15-23)35-29-13-7-6-12-27(29)33-30(35)18-19-31-34(33)28-20-24-10-4-5-11-25(24)21-32(28)36-31/h1-21H. The summed E-state index contributed by atoms with van der Waals surface area (Å²) in [6.07, 6.45) is 0. The van der Waals surface area contributed by atoms with Crippen molar-refractivity contribution >= 4 is 64.1 Å². The van der Waals surface area contributed by atoms with Gasteiger partial charge in [-0.2, -0.15) is 0 Å². The van der Waals surface area contributed by atoms with Crippen molar-refractivity contribution in [2.45, 2.75) is 0 Å². The van der Waals surface area contributed by atoms with Gasteiger partial charge in [0.2, 0.25) is 0 Å².